The van der Waals surface area contributed by atoms with Crippen LogP contribution in [0.3, 0.4) is 0 Å². The molecule has 4 aromatic rings. The van der Waals surface area contributed by atoms with Gasteiger partial charge < -0.3 is 4.74 Å². The van der Waals surface area contributed by atoms with Gasteiger partial charge in [0.25, 0.3) is 5.91 Å². The van der Waals surface area contributed by atoms with Gasteiger partial charge in [0.2, 0.25) is 0 Å². The summed E-state index contributed by atoms with van der Waals surface area (Å²) in [6, 6.07) is 34.5. The molecule has 1 aliphatic rings. The minimum absolute atomic E-state index is 0.110. The number of ether oxygens (including phenoxy) is 1. The molecule has 4 nitrogen and oxygen atoms in total. The summed E-state index contributed by atoms with van der Waals surface area (Å²) in [6.45, 7) is 0.407. The number of aliphatic imine (C=N–C) groups is 1. The van der Waals surface area contributed by atoms with E-state index in [4.69, 9.17) is 21.3 Å². The van der Waals surface area contributed by atoms with Crippen LogP contribution in [-0.2, 0) is 11.4 Å². The topological polar surface area (TPSA) is 41.9 Å². The number of rotatable bonds is 6. The molecular formula is C29H21ClN2O2S. The standard InChI is InChI=1S/C29H21ClN2O2S/c30-23-11-7-10-22(17-23)20-34-26-16-8-9-21(18-26)19-27-28(33)32(25-14-5-2-6-15-25)29(35-27)31-24-12-3-1-4-13-24/h1-19H,20H2/b27-19-,31-29?. The van der Waals surface area contributed by atoms with Crippen molar-refractivity contribution in [2.45, 2.75) is 6.61 Å². The molecule has 0 atom stereocenters. The van der Waals surface area contributed by atoms with Crippen molar-refractivity contribution in [3.8, 4) is 5.75 Å². The van der Waals surface area contributed by atoms with E-state index < -0.39 is 0 Å². The monoisotopic (exact) mass is 496 g/mol. The first kappa shape index (κ1) is 23.0. The van der Waals surface area contributed by atoms with Gasteiger partial charge >= 0.3 is 0 Å². The van der Waals surface area contributed by atoms with E-state index in [0.29, 0.717) is 27.5 Å². The maximum Gasteiger partial charge on any atom is 0.271 e. The largest absolute Gasteiger partial charge is 0.489 e. The summed E-state index contributed by atoms with van der Waals surface area (Å²) < 4.78 is 5.96. The van der Waals surface area contributed by atoms with Crippen LogP contribution >= 0.6 is 23.4 Å². The molecule has 1 saturated heterocycles. The highest BCUT2D eigenvalue weighted by atomic mass is 35.5. The number of hydrogen-bond donors (Lipinski definition) is 0. The molecule has 35 heavy (non-hydrogen) atoms. The molecule has 1 heterocycles. The number of hydrogen-bond acceptors (Lipinski definition) is 4. The van der Waals surface area contributed by atoms with Crippen LogP contribution in [0.4, 0.5) is 11.4 Å². The molecule has 0 aliphatic carbocycles. The predicted molar refractivity (Wildman–Crippen MR) is 145 cm³/mol. The van der Waals surface area contributed by atoms with Gasteiger partial charge in [-0.25, -0.2) is 4.99 Å². The fourth-order valence-electron chi connectivity index (χ4n) is 3.61. The number of amides is 1. The first-order valence-corrected chi connectivity index (χ1v) is 12.3. The fourth-order valence-corrected chi connectivity index (χ4v) is 4.82. The Morgan fingerprint density at radius 1 is 0.857 bits per heavy atom. The van der Waals surface area contributed by atoms with Crippen LogP contribution in [0.15, 0.2) is 119 Å². The van der Waals surface area contributed by atoms with E-state index in [0.717, 1.165) is 22.5 Å². The van der Waals surface area contributed by atoms with Crippen molar-refractivity contribution in [1.29, 1.82) is 0 Å². The highest BCUT2D eigenvalue weighted by molar-refractivity contribution is 8.19. The Labute approximate surface area is 213 Å². The molecule has 172 valence electrons. The van der Waals surface area contributed by atoms with Crippen molar-refractivity contribution in [1.82, 2.24) is 0 Å². The van der Waals surface area contributed by atoms with Crippen LogP contribution in [0.2, 0.25) is 5.02 Å². The number of para-hydroxylation sites is 2. The second-order valence-corrected chi connectivity index (χ2v) is 9.25. The van der Waals surface area contributed by atoms with Gasteiger partial charge in [-0.2, -0.15) is 0 Å². The molecule has 6 heteroatoms. The van der Waals surface area contributed by atoms with Crippen LogP contribution in [-0.4, -0.2) is 11.1 Å². The Hall–Kier alpha value is -3.80. The van der Waals surface area contributed by atoms with Crippen LogP contribution in [0.5, 0.6) is 5.75 Å². The zero-order valence-corrected chi connectivity index (χ0v) is 20.2. The van der Waals surface area contributed by atoms with Crippen molar-refractivity contribution >= 4 is 51.9 Å². The zero-order valence-electron chi connectivity index (χ0n) is 18.7. The van der Waals surface area contributed by atoms with Gasteiger partial charge in [0, 0.05) is 5.02 Å². The molecule has 5 rings (SSSR count). The molecule has 0 radical (unpaired) electrons. The normalized spacial score (nSPS) is 15.7. The lowest BCUT2D eigenvalue weighted by molar-refractivity contribution is -0.113. The van der Waals surface area contributed by atoms with Gasteiger partial charge in [-0.3, -0.25) is 9.69 Å². The average molecular weight is 497 g/mol. The number of amidine groups is 1. The molecule has 1 aliphatic heterocycles. The lowest BCUT2D eigenvalue weighted by atomic mass is 10.2. The third-order valence-electron chi connectivity index (χ3n) is 5.25. The number of halogens is 1. The maximum absolute atomic E-state index is 13.5. The summed E-state index contributed by atoms with van der Waals surface area (Å²) in [4.78, 5) is 20.5. The Kier molecular flexibility index (Phi) is 6.98. The van der Waals surface area contributed by atoms with Crippen molar-refractivity contribution in [2.75, 3.05) is 4.90 Å². The number of carbonyl (C=O) groups excluding carboxylic acids is 1. The van der Waals surface area contributed by atoms with E-state index >= 15 is 0 Å². The molecule has 0 saturated carbocycles. The Morgan fingerprint density at radius 2 is 1.60 bits per heavy atom. The third kappa shape index (κ3) is 5.65. The van der Waals surface area contributed by atoms with Crippen molar-refractivity contribution in [2.24, 2.45) is 4.99 Å². The van der Waals surface area contributed by atoms with Crippen molar-refractivity contribution in [3.63, 3.8) is 0 Å². The summed E-state index contributed by atoms with van der Waals surface area (Å²) in [5, 5.41) is 1.30. The van der Waals surface area contributed by atoms with Crippen LogP contribution in [0.25, 0.3) is 6.08 Å². The zero-order chi connectivity index (χ0) is 24.0. The Balaban J connectivity index is 1.41. The molecule has 4 aromatic carbocycles. The highest BCUT2D eigenvalue weighted by Crippen LogP contribution is 2.37. The van der Waals surface area contributed by atoms with E-state index in [1.807, 2.05) is 115 Å². The van der Waals surface area contributed by atoms with E-state index in [9.17, 15) is 4.79 Å². The van der Waals surface area contributed by atoms with E-state index in [-0.39, 0.29) is 5.91 Å². The summed E-state index contributed by atoms with van der Waals surface area (Å²) in [5.41, 5.74) is 3.43. The van der Waals surface area contributed by atoms with Gasteiger partial charge in [-0.05, 0) is 77.5 Å². The third-order valence-corrected chi connectivity index (χ3v) is 6.46. The van der Waals surface area contributed by atoms with Crippen LogP contribution in [0.1, 0.15) is 11.1 Å². The maximum atomic E-state index is 13.5. The number of carbonyl (C=O) groups is 1. The molecule has 0 bridgehead atoms. The van der Waals surface area contributed by atoms with Crippen LogP contribution < -0.4 is 9.64 Å². The number of nitrogens with zero attached hydrogens (tertiary/aromatic N) is 2. The van der Waals surface area contributed by atoms with Gasteiger partial charge in [-0.15, -0.1) is 0 Å². The molecule has 0 spiro atoms. The lowest BCUT2D eigenvalue weighted by Gasteiger charge is -2.15. The first-order chi connectivity index (χ1) is 17.2. The van der Waals surface area contributed by atoms with Crippen LogP contribution in [0, 0.1) is 0 Å². The molecule has 0 N–H and O–H groups in total. The summed E-state index contributed by atoms with van der Waals surface area (Å²) in [7, 11) is 0. The SMILES string of the molecule is O=C1/C(=C/c2cccc(OCc3cccc(Cl)c3)c2)SC(=Nc2ccccc2)N1c1ccccc1. The van der Waals surface area contributed by atoms with E-state index in [1.54, 1.807) is 4.90 Å². The second kappa shape index (κ2) is 10.6. The number of anilines is 1. The van der Waals surface area contributed by atoms with E-state index in [1.165, 1.54) is 11.8 Å². The Bertz CT molecular complexity index is 1400. The van der Waals surface area contributed by atoms with E-state index in [2.05, 4.69) is 0 Å². The Morgan fingerprint density at radius 3 is 2.37 bits per heavy atom. The second-order valence-electron chi connectivity index (χ2n) is 7.81. The first-order valence-electron chi connectivity index (χ1n) is 11.1. The van der Waals surface area contributed by atoms with Crippen molar-refractivity contribution in [3.05, 3.63) is 130 Å². The van der Waals surface area contributed by atoms with Gasteiger partial charge in [0.15, 0.2) is 5.17 Å². The quantitative estimate of drug-likeness (QED) is 0.256. The highest BCUT2D eigenvalue weighted by Gasteiger charge is 2.34. The predicted octanol–water partition coefficient (Wildman–Crippen LogP) is 7.73. The lowest BCUT2D eigenvalue weighted by Crippen LogP contribution is -2.28. The molecule has 1 fully saturated rings. The molecule has 0 aromatic heterocycles. The summed E-state index contributed by atoms with van der Waals surface area (Å²) >= 11 is 7.43. The van der Waals surface area contributed by atoms with Gasteiger partial charge in [-0.1, -0.05) is 72.3 Å². The smallest absolute Gasteiger partial charge is 0.271 e. The number of thioether (sulfide) groups is 1. The molecule has 0 unspecified atom stereocenters. The molecule has 1 amide bonds. The summed E-state index contributed by atoms with van der Waals surface area (Å²) in [5.74, 6) is 0.606. The van der Waals surface area contributed by atoms with Gasteiger partial charge in [0.05, 0.1) is 16.3 Å². The molecular weight excluding hydrogens is 476 g/mol. The fraction of sp³-hybridized carbons (Fsp3) is 0.0345. The number of benzene rings is 4. The average Bonchev–Trinajstić information content (AvgIpc) is 3.18. The van der Waals surface area contributed by atoms with Crippen molar-refractivity contribution < 1.29 is 9.53 Å². The van der Waals surface area contributed by atoms with Gasteiger partial charge in [0.1, 0.15) is 12.4 Å². The minimum atomic E-state index is -0.110. The summed E-state index contributed by atoms with van der Waals surface area (Å²) in [6.07, 6.45) is 1.88. The minimum Gasteiger partial charge on any atom is -0.489 e.